The second-order valence-corrected chi connectivity index (χ2v) is 4.27. The Kier molecular flexibility index (Phi) is 2.94. The molecule has 0 aliphatic rings. The van der Waals surface area contributed by atoms with Crippen molar-refractivity contribution >= 4 is 5.82 Å². The fraction of sp³-hybridized carbons (Fsp3) is 0. The van der Waals surface area contributed by atoms with Crippen LogP contribution in [0.4, 0.5) is 5.82 Å². The van der Waals surface area contributed by atoms with Crippen LogP contribution in [0.5, 0.6) is 0 Å². The summed E-state index contributed by atoms with van der Waals surface area (Å²) in [6.07, 6.45) is 3.53. The maximum Gasteiger partial charge on any atom is 0.124 e. The topological polar surface area (TPSA) is 51.8 Å². The first kappa shape index (κ1) is 11.4. The van der Waals surface area contributed by atoms with Gasteiger partial charge in [0.25, 0.3) is 0 Å². The highest BCUT2D eigenvalue weighted by Crippen LogP contribution is 2.26. The third-order valence-corrected chi connectivity index (χ3v) is 2.91. The number of anilines is 1. The SMILES string of the molecule is Nc1cc(-c2ccccc2)cc(-c2cccnc2)n1. The van der Waals surface area contributed by atoms with Gasteiger partial charge in [0.1, 0.15) is 5.82 Å². The summed E-state index contributed by atoms with van der Waals surface area (Å²) >= 11 is 0. The van der Waals surface area contributed by atoms with Gasteiger partial charge in [-0.25, -0.2) is 4.98 Å². The number of hydrogen-bond acceptors (Lipinski definition) is 3. The van der Waals surface area contributed by atoms with E-state index < -0.39 is 0 Å². The van der Waals surface area contributed by atoms with Crippen molar-refractivity contribution in [2.24, 2.45) is 0 Å². The third kappa shape index (κ3) is 2.45. The monoisotopic (exact) mass is 247 g/mol. The van der Waals surface area contributed by atoms with Gasteiger partial charge in [-0.15, -0.1) is 0 Å². The van der Waals surface area contributed by atoms with E-state index in [1.807, 2.05) is 42.5 Å². The van der Waals surface area contributed by atoms with Gasteiger partial charge in [-0.1, -0.05) is 30.3 Å². The van der Waals surface area contributed by atoms with E-state index in [-0.39, 0.29) is 0 Å². The summed E-state index contributed by atoms with van der Waals surface area (Å²) in [7, 11) is 0. The predicted octanol–water partition coefficient (Wildman–Crippen LogP) is 3.39. The molecule has 0 amide bonds. The largest absolute Gasteiger partial charge is 0.384 e. The summed E-state index contributed by atoms with van der Waals surface area (Å²) in [5.74, 6) is 0.514. The van der Waals surface area contributed by atoms with Gasteiger partial charge in [-0.05, 0) is 35.4 Å². The van der Waals surface area contributed by atoms with Crippen LogP contribution in [-0.2, 0) is 0 Å². The van der Waals surface area contributed by atoms with Crippen molar-refractivity contribution in [1.29, 1.82) is 0 Å². The molecule has 0 atom stereocenters. The molecule has 0 unspecified atom stereocenters. The number of hydrogen-bond donors (Lipinski definition) is 1. The van der Waals surface area contributed by atoms with Crippen molar-refractivity contribution in [2.45, 2.75) is 0 Å². The number of benzene rings is 1. The average Bonchev–Trinajstić information content (AvgIpc) is 2.48. The molecular weight excluding hydrogens is 234 g/mol. The average molecular weight is 247 g/mol. The molecule has 2 heterocycles. The van der Waals surface area contributed by atoms with Crippen molar-refractivity contribution in [2.75, 3.05) is 5.73 Å². The number of aromatic nitrogens is 2. The van der Waals surface area contributed by atoms with E-state index in [2.05, 4.69) is 22.1 Å². The maximum absolute atomic E-state index is 5.90. The lowest BCUT2D eigenvalue weighted by Gasteiger charge is -2.07. The van der Waals surface area contributed by atoms with Crippen LogP contribution in [0.2, 0.25) is 0 Å². The Morgan fingerprint density at radius 1 is 0.789 bits per heavy atom. The molecule has 0 radical (unpaired) electrons. The Balaban J connectivity index is 2.12. The van der Waals surface area contributed by atoms with E-state index in [9.17, 15) is 0 Å². The lowest BCUT2D eigenvalue weighted by Crippen LogP contribution is -1.94. The molecule has 2 N–H and O–H groups in total. The molecule has 0 saturated carbocycles. The van der Waals surface area contributed by atoms with Gasteiger partial charge in [0.2, 0.25) is 0 Å². The number of nitrogen functional groups attached to an aromatic ring is 1. The highest BCUT2D eigenvalue weighted by atomic mass is 14.8. The molecule has 3 rings (SSSR count). The van der Waals surface area contributed by atoms with Crippen LogP contribution in [0.15, 0.2) is 67.0 Å². The first-order valence-electron chi connectivity index (χ1n) is 6.06. The molecule has 0 aliphatic heterocycles. The van der Waals surface area contributed by atoms with Crippen LogP contribution in [0.1, 0.15) is 0 Å². The minimum atomic E-state index is 0.514. The van der Waals surface area contributed by atoms with Crippen LogP contribution >= 0.6 is 0 Å². The third-order valence-electron chi connectivity index (χ3n) is 2.91. The molecule has 3 nitrogen and oxygen atoms in total. The van der Waals surface area contributed by atoms with Gasteiger partial charge >= 0.3 is 0 Å². The van der Waals surface area contributed by atoms with Crippen LogP contribution in [0.3, 0.4) is 0 Å². The summed E-state index contributed by atoms with van der Waals surface area (Å²) in [5, 5.41) is 0. The zero-order valence-corrected chi connectivity index (χ0v) is 10.3. The standard InChI is InChI=1S/C16H13N3/c17-16-10-14(12-5-2-1-3-6-12)9-15(19-16)13-7-4-8-18-11-13/h1-11H,(H2,17,19). The number of rotatable bonds is 2. The quantitative estimate of drug-likeness (QED) is 0.755. The minimum absolute atomic E-state index is 0.514. The zero-order chi connectivity index (χ0) is 13.1. The number of nitrogens with two attached hydrogens (primary N) is 1. The molecule has 0 saturated heterocycles. The van der Waals surface area contributed by atoms with Crippen LogP contribution in [0.25, 0.3) is 22.4 Å². The molecule has 3 heteroatoms. The molecule has 2 aromatic heterocycles. The molecule has 19 heavy (non-hydrogen) atoms. The van der Waals surface area contributed by atoms with Crippen molar-refractivity contribution in [1.82, 2.24) is 9.97 Å². The first-order valence-corrected chi connectivity index (χ1v) is 6.06. The number of pyridine rings is 2. The lowest BCUT2D eigenvalue weighted by molar-refractivity contribution is 1.28. The smallest absolute Gasteiger partial charge is 0.124 e. The molecule has 92 valence electrons. The van der Waals surface area contributed by atoms with Crippen LogP contribution in [0, 0.1) is 0 Å². The van der Waals surface area contributed by atoms with Gasteiger partial charge < -0.3 is 5.73 Å². The number of nitrogens with zero attached hydrogens (tertiary/aromatic N) is 2. The second kappa shape index (κ2) is 4.90. The predicted molar refractivity (Wildman–Crippen MR) is 77.3 cm³/mol. The molecule has 0 bridgehead atoms. The van der Waals surface area contributed by atoms with Gasteiger partial charge in [0.05, 0.1) is 5.69 Å². The fourth-order valence-corrected chi connectivity index (χ4v) is 2.01. The molecular formula is C16H13N3. The molecule has 1 aromatic carbocycles. The Labute approximate surface area is 111 Å². The van der Waals surface area contributed by atoms with E-state index in [4.69, 9.17) is 5.73 Å². The Morgan fingerprint density at radius 2 is 1.58 bits per heavy atom. The Hall–Kier alpha value is -2.68. The molecule has 3 aromatic rings. The van der Waals surface area contributed by atoms with Crippen LogP contribution in [-0.4, -0.2) is 9.97 Å². The zero-order valence-electron chi connectivity index (χ0n) is 10.3. The van der Waals surface area contributed by atoms with Gasteiger partial charge in [-0.3, -0.25) is 4.98 Å². The minimum Gasteiger partial charge on any atom is -0.384 e. The van der Waals surface area contributed by atoms with Gasteiger partial charge in [-0.2, -0.15) is 0 Å². The van der Waals surface area contributed by atoms with Crippen LogP contribution < -0.4 is 5.73 Å². The van der Waals surface area contributed by atoms with Crippen molar-refractivity contribution in [3.8, 4) is 22.4 Å². The van der Waals surface area contributed by atoms with E-state index in [1.165, 1.54) is 0 Å². The fourth-order valence-electron chi connectivity index (χ4n) is 2.01. The molecule has 0 spiro atoms. The van der Waals surface area contributed by atoms with Gasteiger partial charge in [0.15, 0.2) is 0 Å². The highest BCUT2D eigenvalue weighted by Gasteiger charge is 2.05. The summed E-state index contributed by atoms with van der Waals surface area (Å²) in [6.45, 7) is 0. The summed E-state index contributed by atoms with van der Waals surface area (Å²) < 4.78 is 0. The molecule has 0 aliphatic carbocycles. The van der Waals surface area contributed by atoms with Gasteiger partial charge in [0, 0.05) is 18.0 Å². The summed E-state index contributed by atoms with van der Waals surface area (Å²) in [4.78, 5) is 8.48. The highest BCUT2D eigenvalue weighted by molar-refractivity contribution is 5.72. The van der Waals surface area contributed by atoms with E-state index >= 15 is 0 Å². The van der Waals surface area contributed by atoms with E-state index in [1.54, 1.807) is 12.4 Å². The van der Waals surface area contributed by atoms with Crippen molar-refractivity contribution in [3.63, 3.8) is 0 Å². The second-order valence-electron chi connectivity index (χ2n) is 4.27. The Morgan fingerprint density at radius 3 is 2.32 bits per heavy atom. The maximum atomic E-state index is 5.90. The van der Waals surface area contributed by atoms with E-state index in [0.29, 0.717) is 5.82 Å². The van der Waals surface area contributed by atoms with Crippen molar-refractivity contribution in [3.05, 3.63) is 67.0 Å². The summed E-state index contributed by atoms with van der Waals surface area (Å²) in [6, 6.07) is 17.9. The van der Waals surface area contributed by atoms with Crippen molar-refractivity contribution < 1.29 is 0 Å². The van der Waals surface area contributed by atoms with E-state index in [0.717, 1.165) is 22.4 Å². The summed E-state index contributed by atoms with van der Waals surface area (Å²) in [5.41, 5.74) is 9.90. The Bertz CT molecular complexity index is 621. The molecule has 0 fully saturated rings. The first-order chi connectivity index (χ1) is 9.33. The lowest BCUT2D eigenvalue weighted by atomic mass is 10.0. The normalized spacial score (nSPS) is 10.3.